The molecule has 0 aliphatic carbocycles. The first-order valence-electron chi connectivity index (χ1n) is 5.09. The number of hydrogen-bond acceptors (Lipinski definition) is 1. The van der Waals surface area contributed by atoms with Crippen molar-refractivity contribution in [2.24, 2.45) is 0 Å². The van der Waals surface area contributed by atoms with Gasteiger partial charge in [-0.1, -0.05) is 28.1 Å². The lowest BCUT2D eigenvalue weighted by molar-refractivity contribution is -0.130. The fraction of sp³-hybridized carbons (Fsp3) is 0.417. The van der Waals surface area contributed by atoms with E-state index in [-0.39, 0.29) is 22.6 Å². The Morgan fingerprint density at radius 3 is 2.25 bits per heavy atom. The third-order valence-electron chi connectivity index (χ3n) is 2.62. The van der Waals surface area contributed by atoms with Crippen molar-refractivity contribution in [3.8, 4) is 0 Å². The minimum absolute atomic E-state index is 0.0109. The van der Waals surface area contributed by atoms with Crippen molar-refractivity contribution in [1.29, 1.82) is 0 Å². The Labute approximate surface area is 104 Å². The minimum atomic E-state index is -0.265. The van der Waals surface area contributed by atoms with Crippen LogP contribution in [0.25, 0.3) is 0 Å². The van der Waals surface area contributed by atoms with E-state index >= 15 is 0 Å². The predicted molar refractivity (Wildman–Crippen MR) is 66.0 cm³/mol. The van der Waals surface area contributed by atoms with Crippen LogP contribution in [0.3, 0.4) is 0 Å². The number of benzene rings is 1. The Balaban J connectivity index is 2.81. The molecule has 1 aromatic carbocycles. The van der Waals surface area contributed by atoms with Crippen molar-refractivity contribution < 1.29 is 9.18 Å². The predicted octanol–water partition coefficient (Wildman–Crippen LogP) is 3.13. The van der Waals surface area contributed by atoms with Gasteiger partial charge in [0.15, 0.2) is 0 Å². The summed E-state index contributed by atoms with van der Waals surface area (Å²) in [7, 11) is 1.74. The van der Waals surface area contributed by atoms with Crippen LogP contribution < -0.4 is 0 Å². The molecule has 88 valence electrons. The van der Waals surface area contributed by atoms with E-state index in [4.69, 9.17) is 0 Å². The molecular formula is C12H15BrFNO. The van der Waals surface area contributed by atoms with E-state index in [2.05, 4.69) is 15.9 Å². The van der Waals surface area contributed by atoms with E-state index in [0.29, 0.717) is 0 Å². The maximum atomic E-state index is 12.7. The Hall–Kier alpha value is -0.900. The Kier molecular flexibility index (Phi) is 4.47. The number of halogens is 2. The van der Waals surface area contributed by atoms with Crippen molar-refractivity contribution >= 4 is 21.8 Å². The van der Waals surface area contributed by atoms with Gasteiger partial charge in [0, 0.05) is 7.05 Å². The standard InChI is InChI=1S/C12H15BrFNO/c1-8(13)12(16)15(3)9(2)10-4-6-11(14)7-5-10/h4-9H,1-3H3. The quantitative estimate of drug-likeness (QED) is 0.782. The summed E-state index contributed by atoms with van der Waals surface area (Å²) in [6.07, 6.45) is 0. The van der Waals surface area contributed by atoms with E-state index in [1.165, 1.54) is 12.1 Å². The number of nitrogens with zero attached hydrogens (tertiary/aromatic N) is 1. The highest BCUT2D eigenvalue weighted by molar-refractivity contribution is 9.10. The highest BCUT2D eigenvalue weighted by Gasteiger charge is 2.20. The summed E-state index contributed by atoms with van der Waals surface area (Å²) in [5.41, 5.74) is 0.922. The summed E-state index contributed by atoms with van der Waals surface area (Å²) < 4.78 is 12.7. The van der Waals surface area contributed by atoms with E-state index in [1.807, 2.05) is 6.92 Å². The molecule has 0 fully saturated rings. The molecular weight excluding hydrogens is 273 g/mol. The molecule has 0 radical (unpaired) electrons. The molecule has 1 rings (SSSR count). The minimum Gasteiger partial charge on any atom is -0.338 e. The first kappa shape index (κ1) is 13.2. The summed E-state index contributed by atoms with van der Waals surface area (Å²) in [5.74, 6) is -0.254. The molecule has 0 bridgehead atoms. The Bertz CT molecular complexity index is 364. The van der Waals surface area contributed by atoms with Gasteiger partial charge in [0.1, 0.15) is 5.82 Å². The van der Waals surface area contributed by atoms with Gasteiger partial charge in [-0.3, -0.25) is 4.79 Å². The second-order valence-electron chi connectivity index (χ2n) is 3.79. The molecule has 16 heavy (non-hydrogen) atoms. The van der Waals surface area contributed by atoms with Crippen molar-refractivity contribution in [3.05, 3.63) is 35.6 Å². The molecule has 0 heterocycles. The smallest absolute Gasteiger partial charge is 0.236 e. The largest absolute Gasteiger partial charge is 0.338 e. The van der Waals surface area contributed by atoms with Gasteiger partial charge in [-0.05, 0) is 31.5 Å². The van der Waals surface area contributed by atoms with Gasteiger partial charge in [-0.15, -0.1) is 0 Å². The van der Waals surface area contributed by atoms with Crippen LogP contribution in [0.5, 0.6) is 0 Å². The first-order chi connectivity index (χ1) is 7.43. The highest BCUT2D eigenvalue weighted by Crippen LogP contribution is 2.20. The zero-order valence-corrected chi connectivity index (χ0v) is 11.2. The normalized spacial score (nSPS) is 14.3. The zero-order chi connectivity index (χ0) is 12.3. The number of hydrogen-bond donors (Lipinski definition) is 0. The monoisotopic (exact) mass is 287 g/mol. The maximum Gasteiger partial charge on any atom is 0.236 e. The Morgan fingerprint density at radius 1 is 1.31 bits per heavy atom. The van der Waals surface area contributed by atoms with Crippen LogP contribution in [0.1, 0.15) is 25.5 Å². The lowest BCUT2D eigenvalue weighted by atomic mass is 10.1. The van der Waals surface area contributed by atoms with E-state index < -0.39 is 0 Å². The number of alkyl halides is 1. The molecule has 1 aromatic rings. The fourth-order valence-corrected chi connectivity index (χ4v) is 1.76. The summed E-state index contributed by atoms with van der Waals surface area (Å²) in [6.45, 7) is 3.71. The molecule has 4 heteroatoms. The van der Waals surface area contributed by atoms with Crippen LogP contribution in [-0.2, 0) is 4.79 Å². The van der Waals surface area contributed by atoms with Crippen LogP contribution >= 0.6 is 15.9 Å². The molecule has 2 nitrogen and oxygen atoms in total. The van der Waals surface area contributed by atoms with Gasteiger partial charge in [0.25, 0.3) is 0 Å². The second kappa shape index (κ2) is 5.43. The van der Waals surface area contributed by atoms with E-state index in [9.17, 15) is 9.18 Å². The molecule has 0 aliphatic heterocycles. The summed E-state index contributed by atoms with van der Waals surface area (Å²) in [6, 6.07) is 6.14. The van der Waals surface area contributed by atoms with Crippen LogP contribution in [0.4, 0.5) is 4.39 Å². The van der Waals surface area contributed by atoms with Crippen LogP contribution in [0.2, 0.25) is 0 Å². The summed E-state index contributed by atoms with van der Waals surface area (Å²) in [5, 5.41) is 0. The molecule has 2 unspecified atom stereocenters. The van der Waals surface area contributed by atoms with Crippen LogP contribution in [0, 0.1) is 5.82 Å². The van der Waals surface area contributed by atoms with Gasteiger partial charge >= 0.3 is 0 Å². The maximum absolute atomic E-state index is 12.7. The van der Waals surface area contributed by atoms with Gasteiger partial charge in [0.2, 0.25) is 5.91 Å². The molecule has 0 saturated carbocycles. The fourth-order valence-electron chi connectivity index (χ4n) is 1.44. The lowest BCUT2D eigenvalue weighted by Crippen LogP contribution is -2.34. The summed E-state index contributed by atoms with van der Waals surface area (Å²) >= 11 is 3.24. The molecule has 0 saturated heterocycles. The van der Waals surface area contributed by atoms with Gasteiger partial charge in [-0.2, -0.15) is 0 Å². The summed E-state index contributed by atoms with van der Waals surface area (Å²) in [4.78, 5) is 13.2. The SMILES string of the molecule is CC(Br)C(=O)N(C)C(C)c1ccc(F)cc1. The van der Waals surface area contributed by atoms with Crippen LogP contribution in [-0.4, -0.2) is 22.7 Å². The van der Waals surface area contributed by atoms with Crippen molar-refractivity contribution in [3.63, 3.8) is 0 Å². The van der Waals surface area contributed by atoms with Crippen molar-refractivity contribution in [1.82, 2.24) is 4.90 Å². The van der Waals surface area contributed by atoms with Crippen molar-refractivity contribution in [2.45, 2.75) is 24.7 Å². The van der Waals surface area contributed by atoms with Gasteiger partial charge in [0.05, 0.1) is 10.9 Å². The second-order valence-corrected chi connectivity index (χ2v) is 5.17. The highest BCUT2D eigenvalue weighted by atomic mass is 79.9. The average Bonchev–Trinajstić information content (AvgIpc) is 2.27. The number of rotatable bonds is 3. The Morgan fingerprint density at radius 2 is 1.81 bits per heavy atom. The topological polar surface area (TPSA) is 20.3 Å². The van der Waals surface area contributed by atoms with Crippen LogP contribution in [0.15, 0.2) is 24.3 Å². The lowest BCUT2D eigenvalue weighted by Gasteiger charge is -2.26. The van der Waals surface area contributed by atoms with Gasteiger partial charge in [-0.25, -0.2) is 4.39 Å². The molecule has 0 spiro atoms. The first-order valence-corrected chi connectivity index (χ1v) is 6.01. The third-order valence-corrected chi connectivity index (χ3v) is 3.01. The van der Waals surface area contributed by atoms with E-state index in [0.717, 1.165) is 5.56 Å². The van der Waals surface area contributed by atoms with Gasteiger partial charge < -0.3 is 4.90 Å². The van der Waals surface area contributed by atoms with Crippen molar-refractivity contribution in [2.75, 3.05) is 7.05 Å². The number of amides is 1. The van der Waals surface area contributed by atoms with E-state index in [1.54, 1.807) is 31.0 Å². The third kappa shape index (κ3) is 3.04. The molecule has 0 aromatic heterocycles. The molecule has 0 aliphatic rings. The molecule has 1 amide bonds. The molecule has 0 N–H and O–H groups in total. The number of carbonyl (C=O) groups excluding carboxylic acids is 1. The number of carbonyl (C=O) groups is 1. The molecule has 2 atom stereocenters. The zero-order valence-electron chi connectivity index (χ0n) is 9.58. The average molecular weight is 288 g/mol.